The first-order valence-electron chi connectivity index (χ1n) is 5.31. The van der Waals surface area contributed by atoms with Crippen molar-refractivity contribution < 1.29 is 0 Å². The van der Waals surface area contributed by atoms with Crippen LogP contribution < -0.4 is 5.73 Å². The monoisotopic (exact) mass is 220 g/mol. The summed E-state index contributed by atoms with van der Waals surface area (Å²) in [5, 5.41) is 8.31. The van der Waals surface area contributed by atoms with Crippen LogP contribution in [-0.2, 0) is 13.1 Å². The lowest BCUT2D eigenvalue weighted by Gasteiger charge is -2.08. The van der Waals surface area contributed by atoms with Gasteiger partial charge < -0.3 is 5.73 Å². The number of anilines is 1. The van der Waals surface area contributed by atoms with Crippen molar-refractivity contribution in [2.45, 2.75) is 26.9 Å². The maximum absolute atomic E-state index is 5.55. The van der Waals surface area contributed by atoms with Gasteiger partial charge in [0.25, 0.3) is 0 Å². The summed E-state index contributed by atoms with van der Waals surface area (Å²) in [5.41, 5.74) is 5.55. The Morgan fingerprint density at radius 2 is 2.25 bits per heavy atom. The summed E-state index contributed by atoms with van der Waals surface area (Å²) in [6.07, 6.45) is 3.41. The topological polar surface area (TPSA) is 74.5 Å². The first kappa shape index (κ1) is 10.7. The molecule has 0 aromatic carbocycles. The Labute approximate surface area is 94.1 Å². The highest BCUT2D eigenvalue weighted by molar-refractivity contribution is 5.23. The lowest BCUT2D eigenvalue weighted by atomic mass is 10.2. The summed E-state index contributed by atoms with van der Waals surface area (Å²) >= 11 is 0. The molecule has 0 saturated carbocycles. The summed E-state index contributed by atoms with van der Waals surface area (Å²) in [5.74, 6) is 1.97. The third-order valence-corrected chi connectivity index (χ3v) is 2.20. The van der Waals surface area contributed by atoms with E-state index in [2.05, 4.69) is 29.0 Å². The van der Waals surface area contributed by atoms with Crippen LogP contribution in [0.2, 0.25) is 0 Å². The zero-order valence-corrected chi connectivity index (χ0v) is 9.54. The van der Waals surface area contributed by atoms with Crippen LogP contribution in [0, 0.1) is 5.92 Å². The van der Waals surface area contributed by atoms with Gasteiger partial charge in [-0.05, 0) is 12.0 Å². The standard InChI is InChI=1S/C10H16N6/c1-8(2)5-16-10(12-7-13-16)6-15-4-3-9(11)14-15/h3-4,7-8H,5-6H2,1-2H3,(H2,11,14). The van der Waals surface area contributed by atoms with Crippen LogP contribution in [-0.4, -0.2) is 24.5 Å². The molecule has 0 unspecified atom stereocenters. The van der Waals surface area contributed by atoms with Crippen LogP contribution in [0.3, 0.4) is 0 Å². The Balaban J connectivity index is 2.12. The van der Waals surface area contributed by atoms with E-state index in [9.17, 15) is 0 Å². The molecule has 0 fully saturated rings. The smallest absolute Gasteiger partial charge is 0.148 e. The van der Waals surface area contributed by atoms with Crippen molar-refractivity contribution in [1.29, 1.82) is 0 Å². The van der Waals surface area contributed by atoms with Gasteiger partial charge in [0.2, 0.25) is 0 Å². The number of hydrogen-bond donors (Lipinski definition) is 1. The predicted octanol–water partition coefficient (Wildman–Crippen LogP) is 0.761. The summed E-state index contributed by atoms with van der Waals surface area (Å²) in [6.45, 7) is 5.77. The Morgan fingerprint density at radius 1 is 1.44 bits per heavy atom. The molecule has 0 atom stereocenters. The fourth-order valence-electron chi connectivity index (χ4n) is 1.52. The molecule has 86 valence electrons. The van der Waals surface area contributed by atoms with Gasteiger partial charge in [0, 0.05) is 12.7 Å². The Hall–Kier alpha value is -1.85. The lowest BCUT2D eigenvalue weighted by molar-refractivity contribution is 0.456. The quantitative estimate of drug-likeness (QED) is 0.825. The van der Waals surface area contributed by atoms with E-state index in [1.807, 2.05) is 10.9 Å². The molecule has 0 aliphatic heterocycles. The summed E-state index contributed by atoms with van der Waals surface area (Å²) in [7, 11) is 0. The fourth-order valence-corrected chi connectivity index (χ4v) is 1.52. The van der Waals surface area contributed by atoms with Gasteiger partial charge in [-0.25, -0.2) is 9.67 Å². The fraction of sp³-hybridized carbons (Fsp3) is 0.500. The molecule has 0 spiro atoms. The van der Waals surface area contributed by atoms with E-state index in [1.165, 1.54) is 0 Å². The second-order valence-electron chi connectivity index (χ2n) is 4.19. The first-order chi connectivity index (χ1) is 7.65. The van der Waals surface area contributed by atoms with Crippen molar-refractivity contribution in [3.63, 3.8) is 0 Å². The molecule has 2 N–H and O–H groups in total. The minimum atomic E-state index is 0.523. The van der Waals surface area contributed by atoms with Crippen molar-refractivity contribution in [1.82, 2.24) is 24.5 Å². The van der Waals surface area contributed by atoms with Crippen LogP contribution in [0.4, 0.5) is 5.82 Å². The van der Waals surface area contributed by atoms with E-state index in [-0.39, 0.29) is 0 Å². The van der Waals surface area contributed by atoms with Crippen LogP contribution in [0.1, 0.15) is 19.7 Å². The SMILES string of the molecule is CC(C)Cn1ncnc1Cn1ccc(N)n1. The van der Waals surface area contributed by atoms with Crippen LogP contribution in [0.25, 0.3) is 0 Å². The van der Waals surface area contributed by atoms with Crippen molar-refractivity contribution in [3.05, 3.63) is 24.4 Å². The van der Waals surface area contributed by atoms with E-state index >= 15 is 0 Å². The molecule has 2 rings (SSSR count). The van der Waals surface area contributed by atoms with Gasteiger partial charge in [-0.3, -0.25) is 4.68 Å². The number of aromatic nitrogens is 5. The van der Waals surface area contributed by atoms with Gasteiger partial charge in [0.05, 0.1) is 0 Å². The van der Waals surface area contributed by atoms with Gasteiger partial charge in [-0.1, -0.05) is 13.8 Å². The second-order valence-corrected chi connectivity index (χ2v) is 4.19. The van der Waals surface area contributed by atoms with E-state index < -0.39 is 0 Å². The summed E-state index contributed by atoms with van der Waals surface area (Å²) in [4.78, 5) is 4.22. The van der Waals surface area contributed by atoms with Crippen molar-refractivity contribution in [2.24, 2.45) is 5.92 Å². The van der Waals surface area contributed by atoms with E-state index in [0.29, 0.717) is 18.3 Å². The molecular formula is C10H16N6. The minimum Gasteiger partial charge on any atom is -0.382 e. The largest absolute Gasteiger partial charge is 0.382 e. The van der Waals surface area contributed by atoms with Gasteiger partial charge in [-0.2, -0.15) is 10.2 Å². The number of nitrogen functional groups attached to an aromatic ring is 1. The average Bonchev–Trinajstić information content (AvgIpc) is 2.77. The molecule has 16 heavy (non-hydrogen) atoms. The molecule has 0 aliphatic carbocycles. The summed E-state index contributed by atoms with van der Waals surface area (Å²) in [6, 6.07) is 1.77. The zero-order chi connectivity index (χ0) is 11.5. The highest BCUT2D eigenvalue weighted by atomic mass is 15.4. The highest BCUT2D eigenvalue weighted by Crippen LogP contribution is 2.04. The molecule has 0 saturated heterocycles. The van der Waals surface area contributed by atoms with Crippen LogP contribution in [0.15, 0.2) is 18.6 Å². The van der Waals surface area contributed by atoms with Gasteiger partial charge >= 0.3 is 0 Å². The molecule has 0 aliphatic rings. The predicted molar refractivity (Wildman–Crippen MR) is 60.6 cm³/mol. The zero-order valence-electron chi connectivity index (χ0n) is 9.54. The average molecular weight is 220 g/mol. The van der Waals surface area contributed by atoms with Gasteiger partial charge in [0.15, 0.2) is 0 Å². The van der Waals surface area contributed by atoms with Gasteiger partial charge in [-0.15, -0.1) is 0 Å². The molecule has 2 aromatic rings. The molecule has 6 nitrogen and oxygen atoms in total. The molecule has 0 amide bonds. The molecule has 2 heterocycles. The molecule has 0 bridgehead atoms. The Kier molecular flexibility index (Phi) is 2.89. The molecular weight excluding hydrogens is 204 g/mol. The number of hydrogen-bond acceptors (Lipinski definition) is 4. The minimum absolute atomic E-state index is 0.523. The Morgan fingerprint density at radius 3 is 2.88 bits per heavy atom. The second kappa shape index (κ2) is 4.34. The molecule has 0 radical (unpaired) electrons. The van der Waals surface area contributed by atoms with E-state index in [0.717, 1.165) is 12.4 Å². The van der Waals surface area contributed by atoms with Gasteiger partial charge in [0.1, 0.15) is 24.5 Å². The number of rotatable bonds is 4. The maximum Gasteiger partial charge on any atom is 0.148 e. The van der Waals surface area contributed by atoms with E-state index in [1.54, 1.807) is 17.1 Å². The van der Waals surface area contributed by atoms with E-state index in [4.69, 9.17) is 5.73 Å². The van der Waals surface area contributed by atoms with Crippen molar-refractivity contribution in [2.75, 3.05) is 5.73 Å². The van der Waals surface area contributed by atoms with Crippen LogP contribution in [0.5, 0.6) is 0 Å². The first-order valence-corrected chi connectivity index (χ1v) is 5.31. The normalized spacial score (nSPS) is 11.2. The Bertz CT molecular complexity index is 455. The number of nitrogens with two attached hydrogens (primary N) is 1. The molecule has 6 heteroatoms. The lowest BCUT2D eigenvalue weighted by Crippen LogP contribution is -2.13. The maximum atomic E-state index is 5.55. The third-order valence-electron chi connectivity index (χ3n) is 2.20. The van der Waals surface area contributed by atoms with Crippen molar-refractivity contribution >= 4 is 5.82 Å². The van der Waals surface area contributed by atoms with Crippen molar-refractivity contribution in [3.8, 4) is 0 Å². The third kappa shape index (κ3) is 2.39. The van der Waals surface area contributed by atoms with Crippen LogP contribution >= 0.6 is 0 Å². The summed E-state index contributed by atoms with van der Waals surface area (Å²) < 4.78 is 3.67. The molecule has 2 aromatic heterocycles. The highest BCUT2D eigenvalue weighted by Gasteiger charge is 2.07. The number of nitrogens with zero attached hydrogens (tertiary/aromatic N) is 5.